The van der Waals surface area contributed by atoms with E-state index in [0.29, 0.717) is 0 Å². The van der Waals surface area contributed by atoms with Gasteiger partial charge in [-0.3, -0.25) is 0 Å². The van der Waals surface area contributed by atoms with Gasteiger partial charge in [-0.25, -0.2) is 13.2 Å². The largest absolute Gasteiger partial charge is 0.423 e. The first-order valence-corrected chi connectivity index (χ1v) is 8.16. The van der Waals surface area contributed by atoms with Crippen LogP contribution >= 0.6 is 0 Å². The molecule has 1 atom stereocenters. The first-order valence-electron chi connectivity index (χ1n) is 8.16. The van der Waals surface area contributed by atoms with Crippen molar-refractivity contribution in [3.8, 4) is 0 Å². The molecule has 39 heavy (non-hydrogen) atoms. The van der Waals surface area contributed by atoms with Crippen LogP contribution in [0.5, 0.6) is 0 Å². The fourth-order valence-electron chi connectivity index (χ4n) is 2.11. The molecule has 1 N–H and O–H groups in total. The van der Waals surface area contributed by atoms with E-state index in [4.69, 9.17) is 5.11 Å². The summed E-state index contributed by atoms with van der Waals surface area (Å²) in [5.41, 5.74) is 0. The Morgan fingerprint density at radius 2 is 0.487 bits per heavy atom. The van der Waals surface area contributed by atoms with Crippen LogP contribution in [0.4, 0.5) is 110 Å². The maximum Gasteiger partial charge on any atom is 0.423 e. The summed E-state index contributed by atoms with van der Waals surface area (Å²) >= 11 is 0. The molecule has 0 saturated heterocycles. The summed E-state index contributed by atoms with van der Waals surface area (Å²) in [4.78, 5) is 0. The molecule has 1 unspecified atom stereocenters. The molecule has 0 fully saturated rings. The maximum absolute atomic E-state index is 13.5. The Morgan fingerprint density at radius 1 is 0.308 bits per heavy atom. The van der Waals surface area contributed by atoms with E-state index in [9.17, 15) is 110 Å². The zero-order chi connectivity index (χ0) is 32.7. The summed E-state index contributed by atoms with van der Waals surface area (Å²) in [6.07, 6.45) is -19.4. The monoisotopic (exact) mass is 650 g/mol. The third-order valence-electron chi connectivity index (χ3n) is 4.52. The van der Waals surface area contributed by atoms with Gasteiger partial charge in [0.15, 0.2) is 0 Å². The van der Waals surface area contributed by atoms with Crippen molar-refractivity contribution >= 4 is 0 Å². The lowest BCUT2D eigenvalue weighted by Gasteiger charge is -2.45. The van der Waals surface area contributed by atoms with E-state index in [1.165, 1.54) is 0 Å². The van der Waals surface area contributed by atoms with Gasteiger partial charge in [-0.1, -0.05) is 0 Å². The Hall–Kier alpha value is -1.79. The Balaban J connectivity index is 7.26. The summed E-state index contributed by atoms with van der Waals surface area (Å²) in [5, 5.41) is 7.42. The number of halogens is 25. The van der Waals surface area contributed by atoms with Gasteiger partial charge in [0.05, 0.1) is 0 Å². The molecule has 0 rings (SSSR count). The predicted molar refractivity (Wildman–Crippen MR) is 67.5 cm³/mol. The number of alkyl halides is 25. The molecule has 0 bridgehead atoms. The highest BCUT2D eigenvalue weighted by Crippen LogP contribution is 2.67. The van der Waals surface area contributed by atoms with Gasteiger partial charge in [0, 0.05) is 0 Å². The van der Waals surface area contributed by atoms with Crippen LogP contribution in [0.3, 0.4) is 0 Å². The topological polar surface area (TPSA) is 20.2 Å². The third-order valence-corrected chi connectivity index (χ3v) is 4.52. The van der Waals surface area contributed by atoms with E-state index < -0.39 is 77.9 Å². The van der Waals surface area contributed by atoms with Crippen LogP contribution in [0.1, 0.15) is 0 Å². The van der Waals surface area contributed by atoms with Crippen molar-refractivity contribution in [1.82, 2.24) is 0 Å². The first-order chi connectivity index (χ1) is 16.4. The second-order valence-corrected chi connectivity index (χ2v) is 7.07. The normalized spacial score (nSPS) is 17.6. The molecule has 0 aromatic rings. The van der Waals surface area contributed by atoms with Crippen molar-refractivity contribution in [3.63, 3.8) is 0 Å². The van der Waals surface area contributed by atoms with Crippen LogP contribution < -0.4 is 0 Å². The van der Waals surface area contributed by atoms with Crippen LogP contribution in [0.25, 0.3) is 0 Å². The lowest BCUT2D eigenvalue weighted by atomic mass is 9.85. The van der Waals surface area contributed by atoms with Crippen LogP contribution in [0.15, 0.2) is 0 Å². The van der Waals surface area contributed by atoms with Crippen molar-refractivity contribution in [2.24, 2.45) is 0 Å². The molecule has 26 heteroatoms. The standard InChI is InChI=1S/C13H3F25O/c14-1(2(15)16)3(17,18)4(19,20)5(21,22)6(23,24)7(25,26)8(27,28)9(29,30)10(31,32)11(33,34)12(35,36)13(37,38)39/h1-2,39H. The fourth-order valence-corrected chi connectivity index (χ4v) is 2.11. The zero-order valence-corrected chi connectivity index (χ0v) is 16.6. The molecule has 0 radical (unpaired) electrons. The fraction of sp³-hybridized carbons (Fsp3) is 1.00. The summed E-state index contributed by atoms with van der Waals surface area (Å²) in [6, 6.07) is 0. The molecular formula is C13H3F25O. The van der Waals surface area contributed by atoms with Crippen LogP contribution in [-0.2, 0) is 0 Å². The van der Waals surface area contributed by atoms with Gasteiger partial charge < -0.3 is 5.11 Å². The minimum Gasteiger partial charge on any atom is -0.331 e. The molecule has 0 aliphatic heterocycles. The second kappa shape index (κ2) is 9.11. The van der Waals surface area contributed by atoms with E-state index in [1.54, 1.807) is 0 Å². The highest BCUT2D eigenvalue weighted by molar-refractivity contribution is 5.19. The Bertz CT molecular complexity index is 879. The molecule has 236 valence electrons. The molecule has 0 aromatic carbocycles. The van der Waals surface area contributed by atoms with Gasteiger partial charge >= 0.3 is 65.3 Å². The van der Waals surface area contributed by atoms with E-state index in [0.717, 1.165) is 0 Å². The van der Waals surface area contributed by atoms with Crippen molar-refractivity contribution in [1.29, 1.82) is 0 Å². The van der Waals surface area contributed by atoms with Crippen molar-refractivity contribution in [3.05, 3.63) is 0 Å². The Kier molecular flexibility index (Phi) is 8.69. The molecule has 0 aromatic heterocycles. The summed E-state index contributed by atoms with van der Waals surface area (Å²) in [7, 11) is 0. The van der Waals surface area contributed by atoms with E-state index in [1.807, 2.05) is 0 Å². The predicted octanol–water partition coefficient (Wildman–Crippen LogP) is 7.53. The number of aliphatic hydroxyl groups is 1. The molecule has 0 spiro atoms. The minimum absolute atomic E-state index is 5.60. The summed E-state index contributed by atoms with van der Waals surface area (Å²) in [5.74, 6) is -90.8. The Morgan fingerprint density at radius 3 is 0.667 bits per heavy atom. The van der Waals surface area contributed by atoms with Crippen LogP contribution in [0, 0.1) is 0 Å². The molecule has 1 nitrogen and oxygen atoms in total. The quantitative estimate of drug-likeness (QED) is 0.217. The average molecular weight is 650 g/mol. The van der Waals surface area contributed by atoms with Gasteiger partial charge in [-0.05, 0) is 0 Å². The van der Waals surface area contributed by atoms with Gasteiger partial charge in [-0.15, -0.1) is 0 Å². The van der Waals surface area contributed by atoms with Crippen molar-refractivity contribution < 1.29 is 115 Å². The van der Waals surface area contributed by atoms with Crippen LogP contribution in [0.2, 0.25) is 0 Å². The lowest BCUT2D eigenvalue weighted by molar-refractivity contribution is -0.483. The minimum atomic E-state index is -9.57. The van der Waals surface area contributed by atoms with Gasteiger partial charge in [0.1, 0.15) is 0 Å². The Labute approximate surface area is 194 Å². The van der Waals surface area contributed by atoms with E-state index in [-0.39, 0.29) is 0 Å². The highest BCUT2D eigenvalue weighted by atomic mass is 19.4. The van der Waals surface area contributed by atoms with E-state index >= 15 is 0 Å². The highest BCUT2D eigenvalue weighted by Gasteiger charge is 2.99. The number of rotatable bonds is 12. The van der Waals surface area contributed by atoms with Crippen molar-refractivity contribution in [2.45, 2.75) is 77.9 Å². The van der Waals surface area contributed by atoms with E-state index in [2.05, 4.69) is 0 Å². The second-order valence-electron chi connectivity index (χ2n) is 7.07. The zero-order valence-electron chi connectivity index (χ0n) is 16.6. The van der Waals surface area contributed by atoms with Crippen LogP contribution in [-0.4, -0.2) is 83.0 Å². The number of hydrogen-bond acceptors (Lipinski definition) is 1. The molecule has 0 aliphatic rings. The molecule has 0 heterocycles. The van der Waals surface area contributed by atoms with Gasteiger partial charge in [0.2, 0.25) is 6.17 Å². The van der Waals surface area contributed by atoms with Crippen molar-refractivity contribution in [2.75, 3.05) is 0 Å². The molecule has 0 aliphatic carbocycles. The number of hydrogen-bond donors (Lipinski definition) is 1. The summed E-state index contributed by atoms with van der Waals surface area (Å²) in [6.45, 7) is 0. The smallest absolute Gasteiger partial charge is 0.331 e. The molecular weight excluding hydrogens is 647 g/mol. The third kappa shape index (κ3) is 4.39. The molecule has 0 amide bonds. The maximum atomic E-state index is 13.5. The average Bonchev–Trinajstić information content (AvgIpc) is 2.70. The molecule has 0 saturated carbocycles. The van der Waals surface area contributed by atoms with Gasteiger partial charge in [-0.2, -0.15) is 96.6 Å². The lowest BCUT2D eigenvalue weighted by Crippen LogP contribution is -2.78. The SMILES string of the molecule is OC(F)(F)C(F)(F)C(F)(F)C(F)(F)C(F)(F)C(F)(F)C(F)(F)C(F)(F)C(F)(F)C(F)(F)C(F)(F)C(F)C(F)F. The summed E-state index contributed by atoms with van der Waals surface area (Å²) < 4.78 is 325. The van der Waals surface area contributed by atoms with Gasteiger partial charge in [0.25, 0.3) is 6.43 Å². The first kappa shape index (κ1) is 37.2.